The van der Waals surface area contributed by atoms with E-state index in [0.29, 0.717) is 85.5 Å². The second-order valence-corrected chi connectivity index (χ2v) is 6.78. The number of carbonyl (C=O) groups is 1. The van der Waals surface area contributed by atoms with Crippen LogP contribution in [-0.2, 0) is 34.9 Å². The van der Waals surface area contributed by atoms with Crippen LogP contribution >= 0.6 is 0 Å². The molecule has 1 N–H and O–H groups in total. The topological polar surface area (TPSA) is 106 Å². The molecule has 0 radical (unpaired) electrons. The van der Waals surface area contributed by atoms with E-state index in [2.05, 4.69) is 15.6 Å². The molecule has 1 heterocycles. The molecular weight excluding hydrogens is 392 g/mol. The van der Waals surface area contributed by atoms with Gasteiger partial charge in [-0.2, -0.15) is 0 Å². The van der Waals surface area contributed by atoms with Crippen LogP contribution in [-0.4, -0.2) is 93.5 Å². The standard InChI is InChI=1S/C20H38N4O6/c1-4-26-9-10-28-13-14-30-16-15-29-12-11-27-8-7-21-20(25)6-5-19-17-24(18(2)3)23-22-19/h17-18H,4-16H2,1-3H3,(H,21,25). The summed E-state index contributed by atoms with van der Waals surface area (Å²) in [6.07, 6.45) is 2.84. The fourth-order valence-corrected chi connectivity index (χ4v) is 2.30. The van der Waals surface area contributed by atoms with E-state index >= 15 is 0 Å². The molecule has 174 valence electrons. The molecule has 0 bridgehead atoms. The van der Waals surface area contributed by atoms with Gasteiger partial charge >= 0.3 is 0 Å². The van der Waals surface area contributed by atoms with Crippen LogP contribution in [0.1, 0.15) is 38.9 Å². The third-order valence-electron chi connectivity index (χ3n) is 3.96. The highest BCUT2D eigenvalue weighted by Gasteiger charge is 2.06. The zero-order valence-corrected chi connectivity index (χ0v) is 18.6. The molecule has 0 aliphatic heterocycles. The van der Waals surface area contributed by atoms with E-state index in [1.807, 2.05) is 27.0 Å². The fourth-order valence-electron chi connectivity index (χ4n) is 2.30. The maximum atomic E-state index is 11.8. The lowest BCUT2D eigenvalue weighted by molar-refractivity contribution is -0.121. The number of amides is 1. The predicted molar refractivity (Wildman–Crippen MR) is 112 cm³/mol. The SMILES string of the molecule is CCOCCOCCOCCOCCOCCNC(=O)CCc1cn(C(C)C)nn1. The van der Waals surface area contributed by atoms with Gasteiger partial charge in [-0.1, -0.05) is 5.21 Å². The fraction of sp³-hybridized carbons (Fsp3) is 0.850. The van der Waals surface area contributed by atoms with Crippen molar-refractivity contribution in [3.05, 3.63) is 11.9 Å². The van der Waals surface area contributed by atoms with Crippen molar-refractivity contribution in [2.45, 2.75) is 39.7 Å². The molecule has 1 aromatic rings. The van der Waals surface area contributed by atoms with E-state index in [9.17, 15) is 4.79 Å². The van der Waals surface area contributed by atoms with Gasteiger partial charge in [0, 0.05) is 38.2 Å². The Morgan fingerprint density at radius 1 is 0.933 bits per heavy atom. The zero-order chi connectivity index (χ0) is 21.9. The van der Waals surface area contributed by atoms with Crippen molar-refractivity contribution in [3.8, 4) is 0 Å². The summed E-state index contributed by atoms with van der Waals surface area (Å²) in [7, 11) is 0. The summed E-state index contributed by atoms with van der Waals surface area (Å²) in [6.45, 7) is 12.0. The number of ether oxygens (including phenoxy) is 5. The highest BCUT2D eigenvalue weighted by molar-refractivity contribution is 5.76. The van der Waals surface area contributed by atoms with Crippen LogP contribution in [0.25, 0.3) is 0 Å². The van der Waals surface area contributed by atoms with Crippen molar-refractivity contribution in [1.82, 2.24) is 20.3 Å². The molecule has 1 aromatic heterocycles. The highest BCUT2D eigenvalue weighted by Crippen LogP contribution is 2.04. The van der Waals surface area contributed by atoms with Crippen LogP contribution in [0, 0.1) is 0 Å². The van der Waals surface area contributed by atoms with E-state index in [1.165, 1.54) is 0 Å². The molecule has 0 aliphatic rings. The molecule has 0 aliphatic carbocycles. The van der Waals surface area contributed by atoms with Gasteiger partial charge in [0.2, 0.25) is 5.91 Å². The Morgan fingerprint density at radius 3 is 1.97 bits per heavy atom. The second-order valence-electron chi connectivity index (χ2n) is 6.78. The van der Waals surface area contributed by atoms with Gasteiger partial charge in [-0.05, 0) is 20.8 Å². The Morgan fingerprint density at radius 2 is 1.47 bits per heavy atom. The lowest BCUT2D eigenvalue weighted by atomic mass is 10.2. The molecule has 0 unspecified atom stereocenters. The van der Waals surface area contributed by atoms with Gasteiger partial charge in [-0.3, -0.25) is 4.79 Å². The molecule has 0 fully saturated rings. The van der Waals surface area contributed by atoms with E-state index in [0.717, 1.165) is 5.69 Å². The van der Waals surface area contributed by atoms with Gasteiger partial charge < -0.3 is 29.0 Å². The van der Waals surface area contributed by atoms with Crippen LogP contribution in [0.5, 0.6) is 0 Å². The first-order valence-electron chi connectivity index (χ1n) is 10.7. The van der Waals surface area contributed by atoms with Crippen molar-refractivity contribution >= 4 is 5.91 Å². The Hall–Kier alpha value is -1.59. The molecule has 0 saturated carbocycles. The van der Waals surface area contributed by atoms with Crippen LogP contribution in [0.15, 0.2) is 6.20 Å². The van der Waals surface area contributed by atoms with Crippen LogP contribution in [0.3, 0.4) is 0 Å². The molecule has 1 rings (SSSR count). The quantitative estimate of drug-likeness (QED) is 0.306. The summed E-state index contributed by atoms with van der Waals surface area (Å²) in [5.41, 5.74) is 0.824. The van der Waals surface area contributed by atoms with Crippen LogP contribution in [0.2, 0.25) is 0 Å². The maximum absolute atomic E-state index is 11.8. The minimum Gasteiger partial charge on any atom is -0.379 e. The average molecular weight is 431 g/mol. The third kappa shape index (κ3) is 14.4. The van der Waals surface area contributed by atoms with Gasteiger partial charge in [-0.25, -0.2) is 4.68 Å². The Kier molecular flexibility index (Phi) is 16.0. The van der Waals surface area contributed by atoms with Crippen molar-refractivity contribution in [2.24, 2.45) is 0 Å². The molecule has 1 amide bonds. The van der Waals surface area contributed by atoms with E-state index in [1.54, 1.807) is 4.68 Å². The number of rotatable bonds is 20. The first-order valence-corrected chi connectivity index (χ1v) is 10.7. The summed E-state index contributed by atoms with van der Waals surface area (Å²) >= 11 is 0. The summed E-state index contributed by atoms with van der Waals surface area (Å²) in [5, 5.41) is 10.9. The molecule has 10 heteroatoms. The van der Waals surface area contributed by atoms with Crippen molar-refractivity contribution in [3.63, 3.8) is 0 Å². The Labute approximate surface area is 179 Å². The van der Waals surface area contributed by atoms with Gasteiger partial charge in [0.1, 0.15) is 0 Å². The van der Waals surface area contributed by atoms with Crippen molar-refractivity contribution < 1.29 is 28.5 Å². The summed E-state index contributed by atoms with van der Waals surface area (Å²) < 4.78 is 28.5. The largest absolute Gasteiger partial charge is 0.379 e. The Balaban J connectivity index is 1.81. The number of aryl methyl sites for hydroxylation is 1. The van der Waals surface area contributed by atoms with E-state index < -0.39 is 0 Å². The lowest BCUT2D eigenvalue weighted by Crippen LogP contribution is -2.27. The van der Waals surface area contributed by atoms with E-state index in [4.69, 9.17) is 23.7 Å². The third-order valence-corrected chi connectivity index (χ3v) is 3.96. The number of hydrogen-bond donors (Lipinski definition) is 1. The summed E-state index contributed by atoms with van der Waals surface area (Å²) in [5.74, 6) is -0.0204. The minimum atomic E-state index is -0.0204. The van der Waals surface area contributed by atoms with E-state index in [-0.39, 0.29) is 11.9 Å². The first-order chi connectivity index (χ1) is 14.6. The van der Waals surface area contributed by atoms with Gasteiger partial charge in [0.25, 0.3) is 0 Å². The van der Waals surface area contributed by atoms with Gasteiger partial charge in [-0.15, -0.1) is 5.10 Å². The first kappa shape index (κ1) is 26.4. The lowest BCUT2D eigenvalue weighted by Gasteiger charge is -2.08. The normalized spacial score (nSPS) is 11.3. The maximum Gasteiger partial charge on any atom is 0.220 e. The molecule has 0 saturated heterocycles. The smallest absolute Gasteiger partial charge is 0.220 e. The molecule has 10 nitrogen and oxygen atoms in total. The van der Waals surface area contributed by atoms with Crippen molar-refractivity contribution in [2.75, 3.05) is 72.6 Å². The average Bonchev–Trinajstić information content (AvgIpc) is 3.21. The van der Waals surface area contributed by atoms with Crippen molar-refractivity contribution in [1.29, 1.82) is 0 Å². The monoisotopic (exact) mass is 430 g/mol. The number of hydrogen-bond acceptors (Lipinski definition) is 8. The molecule has 0 spiro atoms. The van der Waals surface area contributed by atoms with Crippen LogP contribution in [0.4, 0.5) is 0 Å². The van der Waals surface area contributed by atoms with Crippen LogP contribution < -0.4 is 5.32 Å². The minimum absolute atomic E-state index is 0.0204. The summed E-state index contributed by atoms with van der Waals surface area (Å²) in [6, 6.07) is 0.268. The Bertz CT molecular complexity index is 541. The number of nitrogens with one attached hydrogen (secondary N) is 1. The summed E-state index contributed by atoms with van der Waals surface area (Å²) in [4.78, 5) is 11.8. The number of carbonyl (C=O) groups excluding carboxylic acids is 1. The second kappa shape index (κ2) is 18.2. The van der Waals surface area contributed by atoms with Gasteiger partial charge in [0.15, 0.2) is 0 Å². The molecule has 30 heavy (non-hydrogen) atoms. The predicted octanol–water partition coefficient (Wildman–Crippen LogP) is 1.01. The molecule has 0 atom stereocenters. The highest BCUT2D eigenvalue weighted by atomic mass is 16.6. The molecule has 0 aromatic carbocycles. The number of nitrogens with zero attached hydrogens (tertiary/aromatic N) is 3. The number of aromatic nitrogens is 3. The molecular formula is C20H38N4O6. The zero-order valence-electron chi connectivity index (χ0n) is 18.6. The van der Waals surface area contributed by atoms with Gasteiger partial charge in [0.05, 0.1) is 65.2 Å².